The Morgan fingerprint density at radius 1 is 0.956 bits per heavy atom. The summed E-state index contributed by atoms with van der Waals surface area (Å²) in [6.07, 6.45) is 1.37. The van der Waals surface area contributed by atoms with Gasteiger partial charge in [-0.15, -0.1) is 0 Å². The molecule has 12 heteroatoms. The van der Waals surface area contributed by atoms with Crippen LogP contribution in [-0.4, -0.2) is 75.3 Å². The number of piperidine rings is 1. The predicted molar refractivity (Wildman–Crippen MR) is 172 cm³/mol. The van der Waals surface area contributed by atoms with E-state index in [2.05, 4.69) is 20.9 Å². The molecule has 0 atom stereocenters. The monoisotopic (exact) mass is 636 g/mol. The molecule has 0 bridgehead atoms. The quantitative estimate of drug-likeness (QED) is 0.154. The fourth-order valence-corrected chi connectivity index (χ4v) is 5.11. The number of rotatable bonds is 13. The van der Waals surface area contributed by atoms with E-state index in [-0.39, 0.29) is 40.6 Å². The molecule has 0 radical (unpaired) electrons. The summed E-state index contributed by atoms with van der Waals surface area (Å²) >= 11 is 6.10. The lowest BCUT2D eigenvalue weighted by molar-refractivity contribution is -0.121. The van der Waals surface area contributed by atoms with E-state index in [1.165, 1.54) is 19.2 Å². The molecular formula is C33H37ClN4O7. The predicted octanol–water partition coefficient (Wildman–Crippen LogP) is 5.99. The van der Waals surface area contributed by atoms with E-state index < -0.39 is 12.2 Å². The fourth-order valence-electron chi connectivity index (χ4n) is 4.90. The molecule has 3 aromatic rings. The zero-order valence-corrected chi connectivity index (χ0v) is 25.8. The molecule has 1 aliphatic rings. The number of hydrogen-bond donors (Lipinski definition) is 3. The summed E-state index contributed by atoms with van der Waals surface area (Å²) in [6.45, 7) is 2.49. The van der Waals surface area contributed by atoms with Crippen LogP contribution in [-0.2, 0) is 14.3 Å². The number of nitrogens with zero attached hydrogens (tertiary/aromatic N) is 1. The summed E-state index contributed by atoms with van der Waals surface area (Å²) < 4.78 is 16.0. The van der Waals surface area contributed by atoms with Crippen LogP contribution in [0.25, 0.3) is 11.1 Å². The second-order valence-corrected chi connectivity index (χ2v) is 10.8. The average Bonchev–Trinajstić information content (AvgIpc) is 3.05. The second-order valence-electron chi connectivity index (χ2n) is 10.4. The molecular weight excluding hydrogens is 600 g/mol. The maximum atomic E-state index is 12.6. The largest absolute Gasteiger partial charge is 0.496 e. The Labute approximate surface area is 267 Å². The number of benzene rings is 3. The molecule has 0 spiro atoms. The number of anilines is 2. The Kier molecular flexibility index (Phi) is 12.6. The SMILES string of the molecule is COc1cc(NC(=O)OCCCNC(=O)CCN2CCC(OC(=O)Nc3ccccc3-c3ccccc3)CC2)c(Cl)cc1C=O. The van der Waals surface area contributed by atoms with Gasteiger partial charge < -0.3 is 24.4 Å². The third-order valence-corrected chi connectivity index (χ3v) is 7.58. The van der Waals surface area contributed by atoms with Crippen molar-refractivity contribution in [3.05, 3.63) is 77.3 Å². The van der Waals surface area contributed by atoms with E-state index in [0.717, 1.165) is 24.2 Å². The molecule has 238 valence electrons. The van der Waals surface area contributed by atoms with E-state index in [0.29, 0.717) is 50.7 Å². The van der Waals surface area contributed by atoms with Crippen LogP contribution in [0.1, 0.15) is 36.0 Å². The number of ether oxygens (including phenoxy) is 3. The molecule has 45 heavy (non-hydrogen) atoms. The topological polar surface area (TPSA) is 135 Å². The Morgan fingerprint density at radius 3 is 2.40 bits per heavy atom. The number of hydrogen-bond acceptors (Lipinski definition) is 8. The van der Waals surface area contributed by atoms with Crippen molar-refractivity contribution in [2.75, 3.05) is 50.5 Å². The maximum absolute atomic E-state index is 12.6. The summed E-state index contributed by atoms with van der Waals surface area (Å²) in [7, 11) is 1.40. The minimum absolute atomic E-state index is 0.0895. The minimum atomic E-state index is -0.717. The lowest BCUT2D eigenvalue weighted by Crippen LogP contribution is -2.40. The van der Waals surface area contributed by atoms with Crippen molar-refractivity contribution in [2.45, 2.75) is 31.8 Å². The van der Waals surface area contributed by atoms with E-state index in [4.69, 9.17) is 25.8 Å². The first-order valence-electron chi connectivity index (χ1n) is 14.7. The molecule has 3 N–H and O–H groups in total. The molecule has 0 unspecified atom stereocenters. The molecule has 3 amide bonds. The molecule has 0 saturated carbocycles. The molecule has 1 saturated heterocycles. The van der Waals surface area contributed by atoms with Crippen LogP contribution in [0.3, 0.4) is 0 Å². The van der Waals surface area contributed by atoms with Gasteiger partial charge in [0.25, 0.3) is 0 Å². The highest BCUT2D eigenvalue weighted by Crippen LogP contribution is 2.30. The average molecular weight is 637 g/mol. The highest BCUT2D eigenvalue weighted by molar-refractivity contribution is 6.34. The Morgan fingerprint density at radius 2 is 1.67 bits per heavy atom. The van der Waals surface area contributed by atoms with E-state index in [9.17, 15) is 19.2 Å². The van der Waals surface area contributed by atoms with Gasteiger partial charge in [0.15, 0.2) is 6.29 Å². The van der Waals surface area contributed by atoms with Gasteiger partial charge in [-0.2, -0.15) is 0 Å². The van der Waals surface area contributed by atoms with Crippen LogP contribution in [0.15, 0.2) is 66.7 Å². The number of carbonyl (C=O) groups is 4. The number of methoxy groups -OCH3 is 1. The molecule has 1 aliphatic heterocycles. The van der Waals surface area contributed by atoms with Crippen molar-refractivity contribution in [1.29, 1.82) is 0 Å². The summed E-state index contributed by atoms with van der Waals surface area (Å²) in [4.78, 5) is 50.3. The zero-order valence-electron chi connectivity index (χ0n) is 25.1. The molecule has 0 aromatic heterocycles. The first-order valence-corrected chi connectivity index (χ1v) is 15.1. The highest BCUT2D eigenvalue weighted by atomic mass is 35.5. The fraction of sp³-hybridized carbons (Fsp3) is 0.333. The smallest absolute Gasteiger partial charge is 0.411 e. The van der Waals surface area contributed by atoms with Crippen LogP contribution < -0.4 is 20.7 Å². The van der Waals surface area contributed by atoms with Gasteiger partial charge in [0, 0.05) is 44.2 Å². The Hall–Kier alpha value is -4.61. The highest BCUT2D eigenvalue weighted by Gasteiger charge is 2.23. The number of carbonyl (C=O) groups excluding carboxylic acids is 4. The number of amides is 3. The Bertz CT molecular complexity index is 1460. The first-order chi connectivity index (χ1) is 21.9. The lowest BCUT2D eigenvalue weighted by Gasteiger charge is -2.31. The van der Waals surface area contributed by atoms with Gasteiger partial charge in [-0.1, -0.05) is 60.1 Å². The van der Waals surface area contributed by atoms with Crippen LogP contribution in [0, 0.1) is 0 Å². The van der Waals surface area contributed by atoms with Crippen molar-refractivity contribution in [2.24, 2.45) is 0 Å². The van der Waals surface area contributed by atoms with Gasteiger partial charge in [-0.05, 0) is 37.0 Å². The molecule has 4 rings (SSSR count). The number of likely N-dealkylation sites (tertiary alicyclic amines) is 1. The van der Waals surface area contributed by atoms with Gasteiger partial charge in [0.1, 0.15) is 11.9 Å². The van der Waals surface area contributed by atoms with Crippen LogP contribution in [0.4, 0.5) is 21.0 Å². The first kappa shape index (κ1) is 33.3. The molecule has 0 aliphatic carbocycles. The molecule has 3 aromatic carbocycles. The van der Waals surface area contributed by atoms with Gasteiger partial charge >= 0.3 is 12.2 Å². The van der Waals surface area contributed by atoms with Crippen molar-refractivity contribution in [1.82, 2.24) is 10.2 Å². The van der Waals surface area contributed by atoms with Crippen LogP contribution in [0.5, 0.6) is 5.75 Å². The van der Waals surface area contributed by atoms with Gasteiger partial charge in [0.05, 0.1) is 35.7 Å². The second kappa shape index (κ2) is 17.0. The van der Waals surface area contributed by atoms with Crippen molar-refractivity contribution in [3.8, 4) is 16.9 Å². The molecule has 11 nitrogen and oxygen atoms in total. The number of halogens is 1. The summed E-state index contributed by atoms with van der Waals surface area (Å²) in [5, 5.41) is 8.40. The standard InChI is InChI=1S/C33H37ClN4O7/c1-43-30-21-29(27(34)20-24(30)22-39)37-32(41)44-19-7-15-35-31(40)14-18-38-16-12-25(13-17-38)45-33(42)36-28-11-6-5-10-26(28)23-8-3-2-4-9-23/h2-6,8-11,20-22,25H,7,12-19H2,1H3,(H,35,40)(H,36,42)(H,37,41). The summed E-state index contributed by atoms with van der Waals surface area (Å²) in [5.74, 6) is 0.178. The maximum Gasteiger partial charge on any atom is 0.411 e. The van der Waals surface area contributed by atoms with Gasteiger partial charge in [-0.25, -0.2) is 9.59 Å². The van der Waals surface area contributed by atoms with Crippen molar-refractivity contribution >= 4 is 47.4 Å². The molecule has 1 fully saturated rings. The van der Waals surface area contributed by atoms with Crippen LogP contribution >= 0.6 is 11.6 Å². The van der Waals surface area contributed by atoms with Gasteiger partial charge in [0.2, 0.25) is 5.91 Å². The lowest BCUT2D eigenvalue weighted by atomic mass is 10.0. The third-order valence-electron chi connectivity index (χ3n) is 7.27. The summed E-state index contributed by atoms with van der Waals surface area (Å²) in [6, 6.07) is 20.3. The molecule has 1 heterocycles. The van der Waals surface area contributed by atoms with Gasteiger partial charge in [-0.3, -0.25) is 20.2 Å². The Balaban J connectivity index is 1.07. The number of para-hydroxylation sites is 1. The zero-order chi connectivity index (χ0) is 32.0. The van der Waals surface area contributed by atoms with E-state index >= 15 is 0 Å². The number of aldehydes is 1. The minimum Gasteiger partial charge on any atom is -0.496 e. The van der Waals surface area contributed by atoms with Crippen molar-refractivity contribution in [3.63, 3.8) is 0 Å². The normalized spacial score (nSPS) is 13.4. The van der Waals surface area contributed by atoms with Crippen molar-refractivity contribution < 1.29 is 33.4 Å². The van der Waals surface area contributed by atoms with E-state index in [1.807, 2.05) is 54.6 Å². The number of nitrogens with one attached hydrogen (secondary N) is 3. The van der Waals surface area contributed by atoms with E-state index in [1.54, 1.807) is 0 Å². The third kappa shape index (κ3) is 10.2. The summed E-state index contributed by atoms with van der Waals surface area (Å²) in [5.41, 5.74) is 3.14. The van der Waals surface area contributed by atoms with Crippen LogP contribution in [0.2, 0.25) is 5.02 Å².